The van der Waals surface area contributed by atoms with Crippen LogP contribution in [0.15, 0.2) is 5.16 Å². The summed E-state index contributed by atoms with van der Waals surface area (Å²) in [5, 5.41) is 3.70. The third-order valence-corrected chi connectivity index (χ3v) is 3.69. The van der Waals surface area contributed by atoms with Crippen LogP contribution in [0.3, 0.4) is 0 Å². The molecule has 0 saturated carbocycles. The molecule has 0 atom stereocenters. The molecule has 0 amide bonds. The van der Waals surface area contributed by atoms with Gasteiger partial charge in [-0.3, -0.25) is 4.57 Å². The van der Waals surface area contributed by atoms with Crippen molar-refractivity contribution in [1.29, 1.82) is 0 Å². The van der Waals surface area contributed by atoms with Crippen molar-refractivity contribution in [2.24, 2.45) is 5.16 Å². The third kappa shape index (κ3) is 8.18. The van der Waals surface area contributed by atoms with Crippen molar-refractivity contribution in [3.05, 3.63) is 0 Å². The van der Waals surface area contributed by atoms with E-state index >= 15 is 0 Å². The topological polar surface area (TPSA) is 66.4 Å². The van der Waals surface area contributed by atoms with Crippen LogP contribution in [0.25, 0.3) is 0 Å². The van der Waals surface area contributed by atoms with Gasteiger partial charge < -0.3 is 18.6 Å². The summed E-state index contributed by atoms with van der Waals surface area (Å²) in [5.74, 6) is 0.440. The minimum absolute atomic E-state index is 0.168. The van der Waals surface area contributed by atoms with Crippen molar-refractivity contribution in [2.75, 3.05) is 32.6 Å². The van der Waals surface area contributed by atoms with Crippen LogP contribution < -0.4 is 0 Å². The van der Waals surface area contributed by atoms with Crippen LogP contribution in [0, 0.1) is 0 Å². The summed E-state index contributed by atoms with van der Waals surface area (Å²) in [5.41, 5.74) is 0. The number of hydrogen-bond acceptors (Lipinski definition) is 6. The van der Waals surface area contributed by atoms with Gasteiger partial charge in [0.2, 0.25) is 5.90 Å². The Labute approximate surface area is 103 Å². The van der Waals surface area contributed by atoms with E-state index < -0.39 is 7.60 Å². The highest BCUT2D eigenvalue weighted by molar-refractivity contribution is 7.53. The third-order valence-electron chi connectivity index (χ3n) is 1.65. The van der Waals surface area contributed by atoms with Gasteiger partial charge in [0.05, 0.1) is 26.0 Å². The second kappa shape index (κ2) is 9.45. The molecule has 17 heavy (non-hydrogen) atoms. The fourth-order valence-corrected chi connectivity index (χ4v) is 2.51. The fourth-order valence-electron chi connectivity index (χ4n) is 1.08. The van der Waals surface area contributed by atoms with E-state index in [0.717, 1.165) is 0 Å². The van der Waals surface area contributed by atoms with E-state index in [4.69, 9.17) is 18.6 Å². The van der Waals surface area contributed by atoms with Gasteiger partial charge in [0, 0.05) is 6.92 Å². The summed E-state index contributed by atoms with van der Waals surface area (Å²) >= 11 is 0. The molecule has 0 fully saturated rings. The maximum absolute atomic E-state index is 12.0. The Kier molecular flexibility index (Phi) is 9.13. The molecular formula is C10H22NO5P. The van der Waals surface area contributed by atoms with E-state index in [2.05, 4.69) is 5.16 Å². The van der Waals surface area contributed by atoms with Gasteiger partial charge in [-0.15, -0.1) is 0 Å². The normalized spacial score (nSPS) is 12.6. The molecule has 0 bridgehead atoms. The van der Waals surface area contributed by atoms with Gasteiger partial charge in [-0.2, -0.15) is 0 Å². The van der Waals surface area contributed by atoms with Crippen LogP contribution in [0.2, 0.25) is 0 Å². The van der Waals surface area contributed by atoms with Crippen LogP contribution in [0.4, 0.5) is 0 Å². The molecule has 7 heteroatoms. The minimum atomic E-state index is -3.03. The predicted molar refractivity (Wildman–Crippen MR) is 66.4 cm³/mol. The number of rotatable bonds is 9. The van der Waals surface area contributed by atoms with E-state index in [0.29, 0.717) is 25.7 Å². The van der Waals surface area contributed by atoms with Gasteiger partial charge in [-0.05, 0) is 20.8 Å². The second-order valence-electron chi connectivity index (χ2n) is 3.05. The summed E-state index contributed by atoms with van der Waals surface area (Å²) in [7, 11) is -3.03. The fraction of sp³-hybridized carbons (Fsp3) is 0.900. The van der Waals surface area contributed by atoms with Crippen LogP contribution in [0.1, 0.15) is 27.7 Å². The number of nitrogens with zero attached hydrogens (tertiary/aromatic N) is 1. The Morgan fingerprint density at radius 3 is 2.18 bits per heavy atom. The molecule has 0 saturated heterocycles. The standard InChI is InChI=1S/C10H22NO5P/c1-5-13-10(4)11-14-8-9-17(12,15-6-2)16-7-3/h5-9H2,1-4H3. The zero-order valence-electron chi connectivity index (χ0n) is 11.0. The first-order valence-electron chi connectivity index (χ1n) is 5.75. The van der Waals surface area contributed by atoms with Gasteiger partial charge in [0.15, 0.2) is 0 Å². The maximum Gasteiger partial charge on any atom is 0.334 e. The van der Waals surface area contributed by atoms with E-state index in [1.54, 1.807) is 20.8 Å². The molecule has 0 unspecified atom stereocenters. The van der Waals surface area contributed by atoms with Gasteiger partial charge in [0.25, 0.3) is 0 Å². The molecule has 0 aliphatic rings. The summed E-state index contributed by atoms with van der Waals surface area (Å²) in [6.45, 7) is 8.48. The molecule has 102 valence electrons. The van der Waals surface area contributed by atoms with Gasteiger partial charge in [0.1, 0.15) is 6.61 Å². The molecule has 0 radical (unpaired) electrons. The largest absolute Gasteiger partial charge is 0.479 e. The lowest BCUT2D eigenvalue weighted by atomic mass is 10.7. The number of oxime groups is 1. The first-order chi connectivity index (χ1) is 8.08. The Morgan fingerprint density at radius 2 is 1.71 bits per heavy atom. The summed E-state index contributed by atoms with van der Waals surface area (Å²) < 4.78 is 27.2. The molecule has 0 spiro atoms. The first-order valence-corrected chi connectivity index (χ1v) is 7.48. The molecule has 0 aromatic carbocycles. The second-order valence-corrected chi connectivity index (χ2v) is 5.23. The molecule has 6 nitrogen and oxygen atoms in total. The zero-order chi connectivity index (χ0) is 13.1. The molecule has 0 heterocycles. The van der Waals surface area contributed by atoms with Crippen molar-refractivity contribution in [1.82, 2.24) is 0 Å². The highest BCUT2D eigenvalue weighted by atomic mass is 31.2. The lowest BCUT2D eigenvalue weighted by Crippen LogP contribution is -2.06. The Bertz CT molecular complexity index is 259. The Balaban J connectivity index is 3.98. The predicted octanol–water partition coefficient (Wildman–Crippen LogP) is 2.64. The van der Waals surface area contributed by atoms with Crippen molar-refractivity contribution >= 4 is 13.5 Å². The first kappa shape index (κ1) is 16.4. The average molecular weight is 267 g/mol. The van der Waals surface area contributed by atoms with E-state index in [1.807, 2.05) is 6.92 Å². The van der Waals surface area contributed by atoms with Crippen molar-refractivity contribution < 1.29 is 23.2 Å². The summed E-state index contributed by atoms with van der Waals surface area (Å²) in [6.07, 6.45) is 0.178. The van der Waals surface area contributed by atoms with Crippen LogP contribution in [-0.2, 0) is 23.2 Å². The Hall–Kier alpha value is -0.580. The van der Waals surface area contributed by atoms with Crippen molar-refractivity contribution in [3.63, 3.8) is 0 Å². The molecule has 0 aromatic rings. The van der Waals surface area contributed by atoms with Gasteiger partial charge in [-0.25, -0.2) is 0 Å². The SMILES string of the molecule is CCOC(C)=NOCCP(=O)(OCC)OCC. The smallest absolute Gasteiger partial charge is 0.334 e. The quantitative estimate of drug-likeness (QED) is 0.211. The van der Waals surface area contributed by atoms with Crippen LogP contribution >= 0.6 is 7.60 Å². The van der Waals surface area contributed by atoms with E-state index in [9.17, 15) is 4.57 Å². The zero-order valence-corrected chi connectivity index (χ0v) is 11.9. The molecule has 0 aliphatic heterocycles. The summed E-state index contributed by atoms with van der Waals surface area (Å²) in [6, 6.07) is 0. The van der Waals surface area contributed by atoms with Crippen LogP contribution in [-0.4, -0.2) is 38.5 Å². The van der Waals surface area contributed by atoms with Crippen molar-refractivity contribution in [3.8, 4) is 0 Å². The van der Waals surface area contributed by atoms with Gasteiger partial charge >= 0.3 is 7.60 Å². The monoisotopic (exact) mass is 267 g/mol. The molecular weight excluding hydrogens is 245 g/mol. The molecule has 0 aliphatic carbocycles. The van der Waals surface area contributed by atoms with Gasteiger partial charge in [-0.1, -0.05) is 5.16 Å². The summed E-state index contributed by atoms with van der Waals surface area (Å²) in [4.78, 5) is 4.97. The minimum Gasteiger partial charge on any atom is -0.479 e. The average Bonchev–Trinajstić information content (AvgIpc) is 2.26. The number of hydrogen-bond donors (Lipinski definition) is 0. The maximum atomic E-state index is 12.0. The van der Waals surface area contributed by atoms with E-state index in [1.165, 1.54) is 0 Å². The number of ether oxygens (including phenoxy) is 1. The molecule has 0 N–H and O–H groups in total. The lowest BCUT2D eigenvalue weighted by Gasteiger charge is -2.15. The van der Waals surface area contributed by atoms with Crippen LogP contribution in [0.5, 0.6) is 0 Å². The van der Waals surface area contributed by atoms with Crippen molar-refractivity contribution in [2.45, 2.75) is 27.7 Å². The Morgan fingerprint density at radius 1 is 1.12 bits per heavy atom. The highest BCUT2D eigenvalue weighted by Crippen LogP contribution is 2.47. The molecule has 0 rings (SSSR count). The lowest BCUT2D eigenvalue weighted by molar-refractivity contribution is 0.137. The highest BCUT2D eigenvalue weighted by Gasteiger charge is 2.23. The molecule has 0 aromatic heterocycles. The van der Waals surface area contributed by atoms with E-state index in [-0.39, 0.29) is 12.8 Å².